The fraction of sp³-hybridized carbons (Fsp3) is 0.364. The molecule has 0 aromatic heterocycles. The number of carbonyl (C=O) groups excluding carboxylic acids is 1. The molecule has 2 N–H and O–H groups in total. The van der Waals surface area contributed by atoms with E-state index < -0.39 is 23.9 Å². The maximum absolute atomic E-state index is 12.4. The quantitative estimate of drug-likeness (QED) is 0.582. The molecule has 1 rings (SSSR count). The van der Waals surface area contributed by atoms with Crippen LogP contribution in [-0.4, -0.2) is 28.4 Å². The number of aldehydes is 1. The van der Waals surface area contributed by atoms with E-state index in [1.807, 2.05) is 0 Å². The van der Waals surface area contributed by atoms with Gasteiger partial charge in [-0.2, -0.15) is 25.8 Å². The highest BCUT2D eigenvalue weighted by Gasteiger charge is 2.32. The third-order valence-corrected chi connectivity index (χ3v) is 2.79. The molecular weight excluding hydrogens is 269 g/mol. The third-order valence-electron chi connectivity index (χ3n) is 2.41. The van der Waals surface area contributed by atoms with E-state index in [1.165, 1.54) is 0 Å². The first-order valence-corrected chi connectivity index (χ1v) is 5.57. The zero-order valence-corrected chi connectivity index (χ0v) is 9.95. The van der Waals surface area contributed by atoms with Gasteiger partial charge in [0.2, 0.25) is 0 Å². The number of alkyl halides is 3. The molecule has 1 aromatic carbocycles. The summed E-state index contributed by atoms with van der Waals surface area (Å²) in [7, 11) is 0. The molecule has 3 nitrogen and oxygen atoms in total. The molecule has 0 heterocycles. The molecule has 1 aromatic rings. The summed E-state index contributed by atoms with van der Waals surface area (Å²) >= 11 is 3.76. The number of halogens is 3. The third kappa shape index (κ3) is 3.24. The van der Waals surface area contributed by atoms with Crippen LogP contribution in [0.4, 0.5) is 13.2 Å². The van der Waals surface area contributed by atoms with Crippen LogP contribution in [0.5, 0.6) is 0 Å². The van der Waals surface area contributed by atoms with Gasteiger partial charge in [0.25, 0.3) is 0 Å². The Morgan fingerprint density at radius 2 is 1.94 bits per heavy atom. The van der Waals surface area contributed by atoms with Gasteiger partial charge in [-0.1, -0.05) is 6.07 Å². The number of aliphatic hydroxyl groups is 2. The molecule has 0 saturated heterocycles. The lowest BCUT2D eigenvalue weighted by Gasteiger charge is -2.18. The normalized spacial score (nSPS) is 15.2. The van der Waals surface area contributed by atoms with Crippen LogP contribution in [0.25, 0.3) is 0 Å². The maximum atomic E-state index is 12.4. The molecule has 0 saturated carbocycles. The van der Waals surface area contributed by atoms with Crippen molar-refractivity contribution in [3.05, 3.63) is 34.9 Å². The molecule has 100 valence electrons. The number of rotatable bonds is 4. The topological polar surface area (TPSA) is 57.5 Å². The lowest BCUT2D eigenvalue weighted by atomic mass is 9.97. The number of benzene rings is 1. The van der Waals surface area contributed by atoms with E-state index in [2.05, 4.69) is 12.6 Å². The Balaban J connectivity index is 3.20. The summed E-state index contributed by atoms with van der Waals surface area (Å²) in [5.41, 5.74) is -1.35. The van der Waals surface area contributed by atoms with Crippen LogP contribution in [0.3, 0.4) is 0 Å². The number of hydrogen-bond acceptors (Lipinski definition) is 4. The highest BCUT2D eigenvalue weighted by atomic mass is 32.1. The number of aliphatic hydroxyl groups excluding tert-OH is 2. The molecule has 0 aliphatic heterocycles. The summed E-state index contributed by atoms with van der Waals surface area (Å²) in [5.74, 6) is -0.0829. The van der Waals surface area contributed by atoms with Gasteiger partial charge in [0.1, 0.15) is 12.4 Å². The Hall–Kier alpha value is -1.05. The van der Waals surface area contributed by atoms with Crippen molar-refractivity contribution < 1.29 is 28.2 Å². The van der Waals surface area contributed by atoms with Gasteiger partial charge in [0.05, 0.1) is 11.7 Å². The summed E-state index contributed by atoms with van der Waals surface area (Å²) in [6.07, 6.45) is -7.07. The maximum Gasteiger partial charge on any atom is 0.416 e. The van der Waals surface area contributed by atoms with Gasteiger partial charge in [-0.3, -0.25) is 4.79 Å². The van der Waals surface area contributed by atoms with Crippen molar-refractivity contribution in [2.45, 2.75) is 18.4 Å². The molecule has 0 spiro atoms. The van der Waals surface area contributed by atoms with E-state index in [-0.39, 0.29) is 23.2 Å². The van der Waals surface area contributed by atoms with Gasteiger partial charge in [0.15, 0.2) is 0 Å². The lowest BCUT2D eigenvalue weighted by Crippen LogP contribution is -2.21. The predicted molar refractivity (Wildman–Crippen MR) is 61.7 cm³/mol. The number of hydrogen-bond donors (Lipinski definition) is 3. The zero-order valence-electron chi connectivity index (χ0n) is 9.05. The van der Waals surface area contributed by atoms with Gasteiger partial charge in [0, 0.05) is 11.3 Å². The standard InChI is InChI=1S/C11H11F3O3S/c12-11(13,14)7-1-2-8(6(3-7)4-15)10(17)9(16)5-18/h1-4,9-10,16-18H,5H2. The molecule has 0 aliphatic rings. The zero-order chi connectivity index (χ0) is 13.9. The Morgan fingerprint density at radius 3 is 2.39 bits per heavy atom. The SMILES string of the molecule is O=Cc1cc(C(F)(F)F)ccc1C(O)C(O)CS. The first-order chi connectivity index (χ1) is 8.31. The van der Waals surface area contributed by atoms with E-state index in [0.717, 1.165) is 12.1 Å². The monoisotopic (exact) mass is 280 g/mol. The average molecular weight is 280 g/mol. The summed E-state index contributed by atoms with van der Waals surface area (Å²) in [6.45, 7) is 0. The minimum Gasteiger partial charge on any atom is -0.389 e. The second-order valence-electron chi connectivity index (χ2n) is 3.65. The molecular formula is C11H11F3O3S. The molecule has 0 radical (unpaired) electrons. The van der Waals surface area contributed by atoms with E-state index >= 15 is 0 Å². The Morgan fingerprint density at radius 1 is 1.33 bits per heavy atom. The minimum atomic E-state index is -4.57. The first kappa shape index (κ1) is 15.0. The first-order valence-electron chi connectivity index (χ1n) is 4.94. The fourth-order valence-corrected chi connectivity index (χ4v) is 1.63. The van der Waals surface area contributed by atoms with Crippen LogP contribution in [0.2, 0.25) is 0 Å². The van der Waals surface area contributed by atoms with Crippen molar-refractivity contribution >= 4 is 18.9 Å². The van der Waals surface area contributed by atoms with Crippen LogP contribution >= 0.6 is 12.6 Å². The van der Waals surface area contributed by atoms with E-state index in [4.69, 9.17) is 0 Å². The van der Waals surface area contributed by atoms with Gasteiger partial charge in [-0.05, 0) is 17.7 Å². The summed E-state index contributed by atoms with van der Waals surface area (Å²) in [5, 5.41) is 19.0. The van der Waals surface area contributed by atoms with Crippen LogP contribution < -0.4 is 0 Å². The molecule has 0 bridgehead atoms. The molecule has 0 amide bonds. The Kier molecular flexibility index (Phi) is 4.78. The van der Waals surface area contributed by atoms with Crippen molar-refractivity contribution in [2.75, 3.05) is 5.75 Å². The number of thiol groups is 1. The molecule has 2 unspecified atom stereocenters. The summed E-state index contributed by atoms with van der Waals surface area (Å²) in [6, 6.07) is 2.36. The van der Waals surface area contributed by atoms with Crippen molar-refractivity contribution in [2.24, 2.45) is 0 Å². The predicted octanol–water partition coefficient (Wildman–Crippen LogP) is 1.84. The van der Waals surface area contributed by atoms with Gasteiger partial charge < -0.3 is 10.2 Å². The highest BCUT2D eigenvalue weighted by Crippen LogP contribution is 2.32. The van der Waals surface area contributed by atoms with Crippen LogP contribution in [-0.2, 0) is 6.18 Å². The molecule has 2 atom stereocenters. The lowest BCUT2D eigenvalue weighted by molar-refractivity contribution is -0.137. The molecule has 0 fully saturated rings. The molecule has 0 aliphatic carbocycles. The second kappa shape index (κ2) is 5.73. The minimum absolute atomic E-state index is 0.0560. The molecule has 18 heavy (non-hydrogen) atoms. The van der Waals surface area contributed by atoms with Gasteiger partial charge in [-0.25, -0.2) is 0 Å². The van der Waals surface area contributed by atoms with Gasteiger partial charge in [-0.15, -0.1) is 0 Å². The van der Waals surface area contributed by atoms with Crippen LogP contribution in [0, 0.1) is 0 Å². The van der Waals surface area contributed by atoms with E-state index in [0.29, 0.717) is 6.07 Å². The van der Waals surface area contributed by atoms with Gasteiger partial charge >= 0.3 is 6.18 Å². The van der Waals surface area contributed by atoms with Crippen LogP contribution in [0.1, 0.15) is 27.6 Å². The number of carbonyl (C=O) groups is 1. The second-order valence-corrected chi connectivity index (χ2v) is 4.02. The average Bonchev–Trinajstić information content (AvgIpc) is 2.35. The van der Waals surface area contributed by atoms with Crippen molar-refractivity contribution in [1.29, 1.82) is 0 Å². The van der Waals surface area contributed by atoms with Crippen LogP contribution in [0.15, 0.2) is 18.2 Å². The van der Waals surface area contributed by atoms with Crippen molar-refractivity contribution in [3.63, 3.8) is 0 Å². The fourth-order valence-electron chi connectivity index (χ4n) is 1.43. The molecule has 7 heteroatoms. The van der Waals surface area contributed by atoms with Crippen molar-refractivity contribution in [1.82, 2.24) is 0 Å². The Bertz CT molecular complexity index is 434. The van der Waals surface area contributed by atoms with Crippen molar-refractivity contribution in [3.8, 4) is 0 Å². The smallest absolute Gasteiger partial charge is 0.389 e. The largest absolute Gasteiger partial charge is 0.416 e. The Labute approximate surface area is 107 Å². The highest BCUT2D eigenvalue weighted by molar-refractivity contribution is 7.80. The summed E-state index contributed by atoms with van der Waals surface area (Å²) in [4.78, 5) is 10.7. The van der Waals surface area contributed by atoms with E-state index in [9.17, 15) is 28.2 Å². The summed E-state index contributed by atoms with van der Waals surface area (Å²) < 4.78 is 37.3. The van der Waals surface area contributed by atoms with E-state index in [1.54, 1.807) is 0 Å².